The minimum absolute atomic E-state index is 0.183. The SMILES string of the molecule is NC(=O)Cn1nnc(-c2ccccc2NC(=O)COc2ccc(Cl)cc2)n1. The maximum Gasteiger partial charge on any atom is 0.262 e. The minimum atomic E-state index is -0.583. The summed E-state index contributed by atoms with van der Waals surface area (Å²) in [5, 5.41) is 15.1. The molecule has 0 radical (unpaired) electrons. The number of para-hydroxylation sites is 1. The van der Waals surface area contributed by atoms with Gasteiger partial charge in [-0.3, -0.25) is 9.59 Å². The van der Waals surface area contributed by atoms with Crippen molar-refractivity contribution in [2.24, 2.45) is 5.73 Å². The Bertz CT molecular complexity index is 957. The fourth-order valence-electron chi connectivity index (χ4n) is 2.21. The van der Waals surface area contributed by atoms with Crippen LogP contribution in [-0.4, -0.2) is 38.6 Å². The van der Waals surface area contributed by atoms with E-state index in [2.05, 4.69) is 20.7 Å². The van der Waals surface area contributed by atoms with Gasteiger partial charge in [0.05, 0.1) is 5.69 Å². The number of rotatable bonds is 7. The van der Waals surface area contributed by atoms with Crippen molar-refractivity contribution in [2.75, 3.05) is 11.9 Å². The van der Waals surface area contributed by atoms with Crippen LogP contribution in [0.3, 0.4) is 0 Å². The number of aromatic nitrogens is 4. The molecule has 10 heteroatoms. The second-order valence-corrected chi connectivity index (χ2v) is 5.88. The van der Waals surface area contributed by atoms with Gasteiger partial charge < -0.3 is 15.8 Å². The van der Waals surface area contributed by atoms with E-state index in [0.29, 0.717) is 22.0 Å². The van der Waals surface area contributed by atoms with Crippen molar-refractivity contribution in [3.63, 3.8) is 0 Å². The van der Waals surface area contributed by atoms with Gasteiger partial charge in [-0.05, 0) is 41.6 Å². The van der Waals surface area contributed by atoms with Gasteiger partial charge in [0.15, 0.2) is 6.61 Å². The lowest BCUT2D eigenvalue weighted by Crippen LogP contribution is -2.21. The number of carbonyl (C=O) groups excluding carboxylic acids is 2. The number of ether oxygens (including phenoxy) is 1. The number of carbonyl (C=O) groups is 2. The van der Waals surface area contributed by atoms with Crippen LogP contribution in [0, 0.1) is 0 Å². The molecule has 3 aromatic rings. The van der Waals surface area contributed by atoms with Gasteiger partial charge >= 0.3 is 0 Å². The smallest absolute Gasteiger partial charge is 0.262 e. The summed E-state index contributed by atoms with van der Waals surface area (Å²) in [6, 6.07) is 13.6. The first-order valence-corrected chi connectivity index (χ1v) is 8.23. The summed E-state index contributed by atoms with van der Waals surface area (Å²) < 4.78 is 5.42. The number of anilines is 1. The van der Waals surface area contributed by atoms with E-state index in [0.717, 1.165) is 4.80 Å². The molecule has 0 saturated carbocycles. The van der Waals surface area contributed by atoms with E-state index in [1.165, 1.54) is 0 Å². The quantitative estimate of drug-likeness (QED) is 0.633. The zero-order valence-corrected chi connectivity index (χ0v) is 14.8. The van der Waals surface area contributed by atoms with Gasteiger partial charge in [0.1, 0.15) is 12.3 Å². The number of hydrogen-bond acceptors (Lipinski definition) is 6. The monoisotopic (exact) mass is 386 g/mol. The molecule has 0 aliphatic carbocycles. The van der Waals surface area contributed by atoms with Crippen LogP contribution >= 0.6 is 11.6 Å². The number of nitrogens with zero attached hydrogens (tertiary/aromatic N) is 4. The highest BCUT2D eigenvalue weighted by Gasteiger charge is 2.14. The van der Waals surface area contributed by atoms with Gasteiger partial charge in [0, 0.05) is 10.6 Å². The molecule has 0 aliphatic heterocycles. The standard InChI is InChI=1S/C17H15ClN6O3/c18-11-5-7-12(8-6-11)27-10-16(26)20-14-4-2-1-3-13(14)17-21-23-24(22-17)9-15(19)25/h1-8H,9-10H2,(H2,19,25)(H,20,26). The van der Waals surface area contributed by atoms with Crippen LogP contribution in [0.15, 0.2) is 48.5 Å². The van der Waals surface area contributed by atoms with Crippen LogP contribution in [0.25, 0.3) is 11.4 Å². The third kappa shape index (κ3) is 5.02. The van der Waals surface area contributed by atoms with Gasteiger partial charge in [-0.25, -0.2) is 0 Å². The molecule has 3 rings (SSSR count). The molecule has 0 saturated heterocycles. The first-order chi connectivity index (χ1) is 13.0. The highest BCUT2D eigenvalue weighted by Crippen LogP contribution is 2.24. The van der Waals surface area contributed by atoms with Gasteiger partial charge in [-0.1, -0.05) is 23.7 Å². The van der Waals surface area contributed by atoms with E-state index in [1.807, 2.05) is 0 Å². The Kier molecular flexibility index (Phi) is 5.62. The summed E-state index contributed by atoms with van der Waals surface area (Å²) in [5.74, 6) is -0.161. The number of nitrogens with two attached hydrogens (primary N) is 1. The molecule has 0 unspecified atom stereocenters. The first-order valence-electron chi connectivity index (χ1n) is 7.85. The number of tetrazole rings is 1. The predicted molar refractivity (Wildman–Crippen MR) is 98.0 cm³/mol. The molecule has 0 fully saturated rings. The summed E-state index contributed by atoms with van der Waals surface area (Å²) >= 11 is 5.81. The summed E-state index contributed by atoms with van der Waals surface area (Å²) in [6.45, 7) is -0.367. The van der Waals surface area contributed by atoms with Crippen LogP contribution < -0.4 is 15.8 Å². The molecule has 2 aromatic carbocycles. The van der Waals surface area contributed by atoms with Crippen molar-refractivity contribution in [1.29, 1.82) is 0 Å². The van der Waals surface area contributed by atoms with Crippen molar-refractivity contribution in [3.05, 3.63) is 53.6 Å². The lowest BCUT2D eigenvalue weighted by molar-refractivity contribution is -0.119. The number of amides is 2. The van der Waals surface area contributed by atoms with Crippen molar-refractivity contribution < 1.29 is 14.3 Å². The lowest BCUT2D eigenvalue weighted by atomic mass is 10.1. The van der Waals surface area contributed by atoms with Gasteiger partial charge in [0.25, 0.3) is 5.91 Å². The van der Waals surface area contributed by atoms with Crippen LogP contribution in [0.4, 0.5) is 5.69 Å². The third-order valence-corrected chi connectivity index (χ3v) is 3.63. The van der Waals surface area contributed by atoms with Crippen molar-refractivity contribution in [1.82, 2.24) is 20.2 Å². The molecule has 3 N–H and O–H groups in total. The molecule has 2 amide bonds. The number of nitrogens with one attached hydrogen (secondary N) is 1. The van der Waals surface area contributed by atoms with E-state index in [1.54, 1.807) is 48.5 Å². The Hall–Kier alpha value is -3.46. The zero-order valence-electron chi connectivity index (χ0n) is 14.0. The Labute approximate surface area is 159 Å². The second-order valence-electron chi connectivity index (χ2n) is 5.45. The number of hydrogen-bond donors (Lipinski definition) is 2. The molecular formula is C17H15ClN6O3. The third-order valence-electron chi connectivity index (χ3n) is 3.38. The van der Waals surface area contributed by atoms with Crippen LogP contribution in [-0.2, 0) is 16.1 Å². The Morgan fingerprint density at radius 1 is 1.15 bits per heavy atom. The molecule has 9 nitrogen and oxygen atoms in total. The van der Waals surface area contributed by atoms with Crippen LogP contribution in [0.1, 0.15) is 0 Å². The Morgan fingerprint density at radius 3 is 2.63 bits per heavy atom. The van der Waals surface area contributed by atoms with E-state index in [-0.39, 0.29) is 24.9 Å². The van der Waals surface area contributed by atoms with Crippen molar-refractivity contribution in [2.45, 2.75) is 6.54 Å². The molecule has 1 heterocycles. The summed E-state index contributed by atoms with van der Waals surface area (Å²) in [7, 11) is 0. The topological polar surface area (TPSA) is 125 Å². The second kappa shape index (κ2) is 8.28. The molecule has 27 heavy (non-hydrogen) atoms. The molecule has 0 atom stereocenters. The van der Waals surface area contributed by atoms with Crippen molar-refractivity contribution >= 4 is 29.1 Å². The minimum Gasteiger partial charge on any atom is -0.484 e. The highest BCUT2D eigenvalue weighted by molar-refractivity contribution is 6.30. The maximum absolute atomic E-state index is 12.2. The molecular weight excluding hydrogens is 372 g/mol. The first kappa shape index (κ1) is 18.3. The molecule has 138 valence electrons. The van der Waals surface area contributed by atoms with E-state index in [4.69, 9.17) is 22.1 Å². The molecule has 0 aliphatic rings. The fraction of sp³-hybridized carbons (Fsp3) is 0.118. The Balaban J connectivity index is 1.68. The Morgan fingerprint density at radius 2 is 1.89 bits per heavy atom. The number of benzene rings is 2. The van der Waals surface area contributed by atoms with E-state index in [9.17, 15) is 9.59 Å². The summed E-state index contributed by atoms with van der Waals surface area (Å²) in [4.78, 5) is 24.2. The normalized spacial score (nSPS) is 10.4. The molecule has 0 spiro atoms. The average Bonchev–Trinajstić information content (AvgIpc) is 3.09. The summed E-state index contributed by atoms with van der Waals surface area (Å²) in [5.41, 5.74) is 6.15. The van der Waals surface area contributed by atoms with Gasteiger partial charge in [-0.2, -0.15) is 4.80 Å². The lowest BCUT2D eigenvalue weighted by Gasteiger charge is -2.10. The predicted octanol–water partition coefficient (Wildman–Crippen LogP) is 1.50. The van der Waals surface area contributed by atoms with Gasteiger partial charge in [-0.15, -0.1) is 10.2 Å². The van der Waals surface area contributed by atoms with Gasteiger partial charge in [0.2, 0.25) is 11.7 Å². The van der Waals surface area contributed by atoms with E-state index >= 15 is 0 Å². The summed E-state index contributed by atoms with van der Waals surface area (Å²) in [6.07, 6.45) is 0. The zero-order chi connectivity index (χ0) is 19.2. The average molecular weight is 387 g/mol. The molecule has 1 aromatic heterocycles. The van der Waals surface area contributed by atoms with Crippen LogP contribution in [0.5, 0.6) is 5.75 Å². The molecule has 0 bridgehead atoms. The van der Waals surface area contributed by atoms with Crippen molar-refractivity contribution in [3.8, 4) is 17.1 Å². The maximum atomic E-state index is 12.2. The largest absolute Gasteiger partial charge is 0.484 e. The van der Waals surface area contributed by atoms with E-state index < -0.39 is 5.91 Å². The number of halogens is 1. The van der Waals surface area contributed by atoms with Crippen LogP contribution in [0.2, 0.25) is 5.02 Å². The highest BCUT2D eigenvalue weighted by atomic mass is 35.5. The number of primary amides is 1. The fourth-order valence-corrected chi connectivity index (χ4v) is 2.34.